The number of para-hydroxylation sites is 1. The summed E-state index contributed by atoms with van der Waals surface area (Å²) in [5, 5.41) is 4.08. The average molecular weight is 435 g/mol. The molecule has 8 nitrogen and oxygen atoms in total. The normalized spacial score (nSPS) is 15.8. The van der Waals surface area contributed by atoms with Crippen molar-refractivity contribution in [1.82, 2.24) is 24.6 Å². The highest BCUT2D eigenvalue weighted by Crippen LogP contribution is 2.20. The molecular formula is C24H30N6O2. The van der Waals surface area contributed by atoms with Crippen LogP contribution in [-0.4, -0.2) is 64.2 Å². The zero-order valence-electron chi connectivity index (χ0n) is 19.0. The molecule has 1 saturated heterocycles. The zero-order valence-corrected chi connectivity index (χ0v) is 19.0. The Morgan fingerprint density at radius 2 is 1.81 bits per heavy atom. The van der Waals surface area contributed by atoms with Gasteiger partial charge < -0.3 is 9.80 Å². The summed E-state index contributed by atoms with van der Waals surface area (Å²) < 4.78 is 1.49. The molecule has 1 aliphatic carbocycles. The van der Waals surface area contributed by atoms with E-state index in [1.54, 1.807) is 6.92 Å². The number of anilines is 1. The van der Waals surface area contributed by atoms with Crippen LogP contribution in [0.15, 0.2) is 35.3 Å². The highest BCUT2D eigenvalue weighted by Gasteiger charge is 2.19. The van der Waals surface area contributed by atoms with E-state index in [2.05, 4.69) is 63.1 Å². The van der Waals surface area contributed by atoms with Gasteiger partial charge in [-0.1, -0.05) is 18.2 Å². The Morgan fingerprint density at radius 1 is 1.06 bits per heavy atom. The molecule has 2 aromatic heterocycles. The van der Waals surface area contributed by atoms with E-state index in [0.717, 1.165) is 49.9 Å². The first-order valence-electron chi connectivity index (χ1n) is 11.1. The number of fused-ring (bicyclic) bond motifs is 1. The summed E-state index contributed by atoms with van der Waals surface area (Å²) in [6.07, 6.45) is 4.79. The maximum atomic E-state index is 11.9. The van der Waals surface area contributed by atoms with E-state index in [9.17, 15) is 9.59 Å². The molecule has 5 rings (SSSR count). The fourth-order valence-corrected chi connectivity index (χ4v) is 4.25. The number of nitrogens with one attached hydrogen (secondary N) is 1. The van der Waals surface area contributed by atoms with E-state index in [-0.39, 0.29) is 5.56 Å². The third kappa shape index (κ3) is 4.50. The molecule has 1 aromatic carbocycles. The lowest BCUT2D eigenvalue weighted by Gasteiger charge is -2.34. The van der Waals surface area contributed by atoms with Crippen molar-refractivity contribution in [2.75, 3.05) is 38.1 Å². The Bertz CT molecular complexity index is 1160. The molecular weight excluding hydrogens is 404 g/mol. The average Bonchev–Trinajstić information content (AvgIpc) is 3.42. The van der Waals surface area contributed by atoms with E-state index in [4.69, 9.17) is 0 Å². The highest BCUT2D eigenvalue weighted by molar-refractivity contribution is 5.76. The molecule has 8 heteroatoms. The van der Waals surface area contributed by atoms with Crippen LogP contribution in [0.3, 0.4) is 0 Å². The molecule has 0 bridgehead atoms. The van der Waals surface area contributed by atoms with Gasteiger partial charge in [0, 0.05) is 37.4 Å². The number of benzene rings is 1. The number of aryl methyl sites for hydroxylation is 2. The third-order valence-corrected chi connectivity index (χ3v) is 6.26. The zero-order chi connectivity index (χ0) is 22.7. The standard InChI is InChI=1S/C12H12N4O2.C12H18N2/c1-7-8(6-17)5-13-16(7)12-14-10-4-2-3-9(10)11(18)15-12;1-11-5-3-4-6-12(11)14-9-7-13(2)8-10-14/h5-6H,2-4H2,1H3,(H,14,15,18);3-6H,7-10H2,1-2H3. The van der Waals surface area contributed by atoms with Crippen LogP contribution in [0.2, 0.25) is 0 Å². The fraction of sp³-hybridized carbons (Fsp3) is 0.417. The second-order valence-electron chi connectivity index (χ2n) is 8.46. The number of aromatic nitrogens is 4. The van der Waals surface area contributed by atoms with Gasteiger partial charge in [0.25, 0.3) is 5.56 Å². The Balaban J connectivity index is 0.000000158. The molecule has 1 aliphatic heterocycles. The monoisotopic (exact) mass is 434 g/mol. The number of carbonyl (C=O) groups excluding carboxylic acids is 1. The van der Waals surface area contributed by atoms with Crippen molar-refractivity contribution in [2.45, 2.75) is 33.1 Å². The quantitative estimate of drug-likeness (QED) is 0.637. The molecule has 2 aliphatic rings. The fourth-order valence-electron chi connectivity index (χ4n) is 4.25. The molecule has 0 unspecified atom stereocenters. The minimum Gasteiger partial charge on any atom is -0.369 e. The first kappa shape index (κ1) is 22.0. The van der Waals surface area contributed by atoms with Crippen molar-refractivity contribution in [3.63, 3.8) is 0 Å². The molecule has 0 radical (unpaired) electrons. The predicted octanol–water partition coefficient (Wildman–Crippen LogP) is 2.31. The molecule has 168 valence electrons. The van der Waals surface area contributed by atoms with Crippen molar-refractivity contribution < 1.29 is 4.79 Å². The molecule has 0 saturated carbocycles. The summed E-state index contributed by atoms with van der Waals surface area (Å²) in [7, 11) is 2.19. The van der Waals surface area contributed by atoms with Gasteiger partial charge in [0.05, 0.1) is 23.1 Å². The molecule has 3 heterocycles. The largest absolute Gasteiger partial charge is 0.369 e. The lowest BCUT2D eigenvalue weighted by molar-refractivity contribution is 0.112. The summed E-state index contributed by atoms with van der Waals surface area (Å²) in [6.45, 7) is 8.61. The van der Waals surface area contributed by atoms with Crippen LogP contribution in [0.25, 0.3) is 5.95 Å². The lowest BCUT2D eigenvalue weighted by Crippen LogP contribution is -2.44. The van der Waals surface area contributed by atoms with Crippen LogP contribution in [0.4, 0.5) is 5.69 Å². The minimum absolute atomic E-state index is 0.102. The van der Waals surface area contributed by atoms with Crippen LogP contribution in [-0.2, 0) is 12.8 Å². The van der Waals surface area contributed by atoms with Gasteiger partial charge in [-0.2, -0.15) is 5.10 Å². The van der Waals surface area contributed by atoms with Crippen molar-refractivity contribution in [1.29, 1.82) is 0 Å². The van der Waals surface area contributed by atoms with Gasteiger partial charge in [-0.3, -0.25) is 14.6 Å². The van der Waals surface area contributed by atoms with Gasteiger partial charge in [0.15, 0.2) is 6.29 Å². The van der Waals surface area contributed by atoms with Crippen molar-refractivity contribution in [2.24, 2.45) is 0 Å². The minimum atomic E-state index is -0.102. The van der Waals surface area contributed by atoms with Crippen LogP contribution in [0.1, 0.15) is 39.3 Å². The van der Waals surface area contributed by atoms with Gasteiger partial charge in [0.2, 0.25) is 5.95 Å². The van der Waals surface area contributed by atoms with Crippen LogP contribution >= 0.6 is 0 Å². The Kier molecular flexibility index (Phi) is 6.50. The van der Waals surface area contributed by atoms with Crippen LogP contribution in [0, 0.1) is 13.8 Å². The number of likely N-dealkylation sites (N-methyl/N-ethyl adjacent to an activating group) is 1. The van der Waals surface area contributed by atoms with Gasteiger partial charge in [-0.15, -0.1) is 0 Å². The SMILES string of the molecule is Cc1c(C=O)cnn1-c1nc2c(c(=O)[nH]1)CCC2.Cc1ccccc1N1CCN(C)CC1. The molecule has 3 aromatic rings. The lowest BCUT2D eigenvalue weighted by atomic mass is 10.1. The molecule has 0 amide bonds. The smallest absolute Gasteiger partial charge is 0.255 e. The maximum absolute atomic E-state index is 11.9. The molecule has 0 spiro atoms. The van der Waals surface area contributed by atoms with E-state index >= 15 is 0 Å². The third-order valence-electron chi connectivity index (χ3n) is 6.26. The first-order chi connectivity index (χ1) is 15.5. The number of hydrogen-bond acceptors (Lipinski definition) is 6. The van der Waals surface area contributed by atoms with Crippen molar-refractivity contribution in [3.05, 3.63) is 68.9 Å². The Hall–Kier alpha value is -3.26. The van der Waals surface area contributed by atoms with E-state index in [1.165, 1.54) is 35.2 Å². The maximum Gasteiger partial charge on any atom is 0.255 e. The molecule has 0 atom stereocenters. The van der Waals surface area contributed by atoms with Gasteiger partial charge in [-0.05, 0) is 51.8 Å². The molecule has 1 fully saturated rings. The number of carbonyl (C=O) groups is 1. The van der Waals surface area contributed by atoms with Crippen molar-refractivity contribution >= 4 is 12.0 Å². The number of aldehydes is 1. The Morgan fingerprint density at radius 3 is 2.50 bits per heavy atom. The summed E-state index contributed by atoms with van der Waals surface area (Å²) >= 11 is 0. The number of hydrogen-bond donors (Lipinski definition) is 1. The number of rotatable bonds is 3. The molecule has 32 heavy (non-hydrogen) atoms. The number of nitrogens with zero attached hydrogens (tertiary/aromatic N) is 5. The summed E-state index contributed by atoms with van der Waals surface area (Å²) in [6, 6.07) is 8.64. The van der Waals surface area contributed by atoms with Crippen LogP contribution in [0.5, 0.6) is 0 Å². The van der Waals surface area contributed by atoms with E-state index in [0.29, 0.717) is 17.2 Å². The summed E-state index contributed by atoms with van der Waals surface area (Å²) in [5.41, 5.74) is 5.48. The number of piperazine rings is 1. The Labute approximate surface area is 187 Å². The van der Waals surface area contributed by atoms with Crippen LogP contribution < -0.4 is 10.5 Å². The number of H-pyrrole nitrogens is 1. The van der Waals surface area contributed by atoms with Crippen molar-refractivity contribution in [3.8, 4) is 5.95 Å². The topological polar surface area (TPSA) is 87.1 Å². The summed E-state index contributed by atoms with van der Waals surface area (Å²) in [5.74, 6) is 0.381. The second-order valence-corrected chi connectivity index (χ2v) is 8.46. The van der Waals surface area contributed by atoms with Gasteiger partial charge in [-0.25, -0.2) is 9.67 Å². The highest BCUT2D eigenvalue weighted by atomic mass is 16.1. The second kappa shape index (κ2) is 9.48. The van der Waals surface area contributed by atoms with Gasteiger partial charge in [0.1, 0.15) is 0 Å². The van der Waals surface area contributed by atoms with Gasteiger partial charge >= 0.3 is 0 Å². The van der Waals surface area contributed by atoms with E-state index in [1.807, 2.05) is 0 Å². The molecule has 1 N–H and O–H groups in total. The first-order valence-corrected chi connectivity index (χ1v) is 11.1. The predicted molar refractivity (Wildman–Crippen MR) is 125 cm³/mol. The summed E-state index contributed by atoms with van der Waals surface area (Å²) in [4.78, 5) is 34.7. The number of aromatic amines is 1. The van der Waals surface area contributed by atoms with E-state index < -0.39 is 0 Å².